The fourth-order valence-electron chi connectivity index (χ4n) is 1.50. The maximum Gasteiger partial charge on any atom is 0.339 e. The maximum atomic E-state index is 11.1. The molecule has 0 radical (unpaired) electrons. The largest absolute Gasteiger partial charge is 0.496 e. The minimum atomic E-state index is -1.31. The van der Waals surface area contributed by atoms with E-state index in [9.17, 15) is 15.0 Å². The number of benzene rings is 1. The number of carboxylic acid groups (broad SMARTS) is 1. The Morgan fingerprint density at radius 2 is 2.12 bits per heavy atom. The van der Waals surface area contributed by atoms with Crippen LogP contribution < -0.4 is 4.74 Å². The van der Waals surface area contributed by atoms with E-state index in [2.05, 4.69) is 12.6 Å². The van der Waals surface area contributed by atoms with Crippen LogP contribution in [0.25, 0.3) is 0 Å². The van der Waals surface area contributed by atoms with Gasteiger partial charge in [-0.3, -0.25) is 0 Å². The standard InChI is InChI=1S/C11H14O5S/c1-16-8-4-2-3-6(9(8)11(14)15)10(13)7(12)5-17/h2-4,7,10,12-13,17H,5H2,1H3,(H,14,15). The van der Waals surface area contributed by atoms with E-state index < -0.39 is 18.2 Å². The lowest BCUT2D eigenvalue weighted by atomic mass is 9.98. The van der Waals surface area contributed by atoms with Gasteiger partial charge in [0.2, 0.25) is 0 Å². The third-order valence-corrected chi connectivity index (χ3v) is 2.74. The Morgan fingerprint density at radius 3 is 2.59 bits per heavy atom. The number of aliphatic hydroxyl groups excluding tert-OH is 2. The second-order valence-electron chi connectivity index (χ2n) is 3.42. The zero-order chi connectivity index (χ0) is 13.0. The molecule has 0 spiro atoms. The lowest BCUT2D eigenvalue weighted by molar-refractivity contribution is 0.0321. The highest BCUT2D eigenvalue weighted by atomic mass is 32.1. The first-order valence-corrected chi connectivity index (χ1v) is 5.53. The lowest BCUT2D eigenvalue weighted by Crippen LogP contribution is -2.22. The molecular weight excluding hydrogens is 244 g/mol. The van der Waals surface area contributed by atoms with Crippen LogP contribution in [0.5, 0.6) is 5.75 Å². The van der Waals surface area contributed by atoms with Gasteiger partial charge in [-0.2, -0.15) is 12.6 Å². The molecule has 0 aliphatic heterocycles. The summed E-state index contributed by atoms with van der Waals surface area (Å²) in [5.41, 5.74) is -0.0401. The van der Waals surface area contributed by atoms with Crippen molar-refractivity contribution in [3.8, 4) is 5.75 Å². The van der Waals surface area contributed by atoms with Crippen LogP contribution in [0.3, 0.4) is 0 Å². The number of rotatable bonds is 5. The summed E-state index contributed by atoms with van der Waals surface area (Å²) < 4.78 is 4.92. The SMILES string of the molecule is COc1cccc(C(O)C(O)CS)c1C(=O)O. The van der Waals surface area contributed by atoms with E-state index in [1.165, 1.54) is 19.2 Å². The number of thiol groups is 1. The molecule has 0 saturated carbocycles. The smallest absolute Gasteiger partial charge is 0.339 e. The van der Waals surface area contributed by atoms with E-state index in [1.54, 1.807) is 6.07 Å². The van der Waals surface area contributed by atoms with Gasteiger partial charge in [0.15, 0.2) is 0 Å². The lowest BCUT2D eigenvalue weighted by Gasteiger charge is -2.19. The number of aromatic carboxylic acids is 1. The van der Waals surface area contributed by atoms with Crippen molar-refractivity contribution in [1.82, 2.24) is 0 Å². The van der Waals surface area contributed by atoms with E-state index in [4.69, 9.17) is 9.84 Å². The summed E-state index contributed by atoms with van der Waals surface area (Å²) in [6.45, 7) is 0. The van der Waals surface area contributed by atoms with Gasteiger partial charge in [-0.1, -0.05) is 12.1 Å². The van der Waals surface area contributed by atoms with Crippen LogP contribution in [0.15, 0.2) is 18.2 Å². The van der Waals surface area contributed by atoms with E-state index in [0.29, 0.717) is 0 Å². The normalized spacial score (nSPS) is 14.1. The van der Waals surface area contributed by atoms with Gasteiger partial charge in [0.05, 0.1) is 13.2 Å². The molecule has 1 rings (SSSR count). The average Bonchev–Trinajstić information content (AvgIpc) is 2.35. The van der Waals surface area contributed by atoms with Gasteiger partial charge in [0.1, 0.15) is 17.4 Å². The summed E-state index contributed by atoms with van der Waals surface area (Å²) in [6, 6.07) is 4.46. The van der Waals surface area contributed by atoms with Crippen LogP contribution in [0, 0.1) is 0 Å². The van der Waals surface area contributed by atoms with Gasteiger partial charge in [-0.05, 0) is 6.07 Å². The number of ether oxygens (including phenoxy) is 1. The molecule has 1 aromatic rings. The van der Waals surface area contributed by atoms with Crippen molar-refractivity contribution in [2.24, 2.45) is 0 Å². The Morgan fingerprint density at radius 1 is 1.47 bits per heavy atom. The average molecular weight is 258 g/mol. The van der Waals surface area contributed by atoms with Gasteiger partial charge < -0.3 is 20.1 Å². The molecule has 2 unspecified atom stereocenters. The molecule has 0 heterocycles. The summed E-state index contributed by atoms with van der Waals surface area (Å²) in [5, 5.41) is 28.4. The van der Waals surface area contributed by atoms with Crippen LogP contribution in [0.4, 0.5) is 0 Å². The second kappa shape index (κ2) is 5.90. The minimum absolute atomic E-state index is 0.0252. The predicted molar refractivity (Wildman–Crippen MR) is 64.8 cm³/mol. The third kappa shape index (κ3) is 2.91. The van der Waals surface area contributed by atoms with Crippen LogP contribution in [0.2, 0.25) is 0 Å². The monoisotopic (exact) mass is 258 g/mol. The van der Waals surface area contributed by atoms with Gasteiger partial charge in [0.25, 0.3) is 0 Å². The number of hydrogen-bond acceptors (Lipinski definition) is 5. The molecule has 0 aromatic heterocycles. The summed E-state index contributed by atoms with van der Waals surface area (Å²) in [5.74, 6) is -1.06. The number of hydrogen-bond donors (Lipinski definition) is 4. The molecule has 0 bridgehead atoms. The fraction of sp³-hybridized carbons (Fsp3) is 0.364. The van der Waals surface area contributed by atoms with Crippen LogP contribution in [-0.2, 0) is 0 Å². The van der Waals surface area contributed by atoms with Crippen molar-refractivity contribution >= 4 is 18.6 Å². The Hall–Kier alpha value is -1.24. The zero-order valence-electron chi connectivity index (χ0n) is 9.20. The third-order valence-electron chi connectivity index (χ3n) is 2.36. The Bertz CT molecular complexity index is 407. The van der Waals surface area contributed by atoms with E-state index >= 15 is 0 Å². The van der Waals surface area contributed by atoms with Gasteiger partial charge in [-0.15, -0.1) is 0 Å². The first-order chi connectivity index (χ1) is 8.02. The molecule has 94 valence electrons. The molecule has 3 N–H and O–H groups in total. The summed E-state index contributed by atoms with van der Waals surface area (Å²) >= 11 is 3.85. The molecule has 0 fully saturated rings. The van der Waals surface area contributed by atoms with Crippen molar-refractivity contribution in [1.29, 1.82) is 0 Å². The summed E-state index contributed by atoms with van der Waals surface area (Å²) in [7, 11) is 1.34. The van der Waals surface area contributed by atoms with Crippen LogP contribution in [0.1, 0.15) is 22.0 Å². The van der Waals surface area contributed by atoms with Crippen molar-refractivity contribution in [2.75, 3.05) is 12.9 Å². The molecule has 2 atom stereocenters. The Kier molecular flexibility index (Phi) is 4.80. The predicted octanol–water partition coefficient (Wildman–Crippen LogP) is 0.717. The van der Waals surface area contributed by atoms with E-state index in [1.807, 2.05) is 0 Å². The van der Waals surface area contributed by atoms with Crippen LogP contribution in [-0.4, -0.2) is 40.3 Å². The molecular formula is C11H14O5S. The first-order valence-electron chi connectivity index (χ1n) is 4.90. The number of carboxylic acids is 1. The molecule has 1 aromatic carbocycles. The van der Waals surface area contributed by atoms with Crippen molar-refractivity contribution in [3.05, 3.63) is 29.3 Å². The zero-order valence-corrected chi connectivity index (χ0v) is 10.1. The highest BCUT2D eigenvalue weighted by molar-refractivity contribution is 7.80. The Labute approximate surface area is 104 Å². The van der Waals surface area contributed by atoms with Gasteiger partial charge >= 0.3 is 5.97 Å². The van der Waals surface area contributed by atoms with Crippen molar-refractivity contribution in [3.63, 3.8) is 0 Å². The second-order valence-corrected chi connectivity index (χ2v) is 3.79. The minimum Gasteiger partial charge on any atom is -0.496 e. The molecule has 0 aliphatic carbocycles. The fourth-order valence-corrected chi connectivity index (χ4v) is 1.70. The Balaban J connectivity index is 3.27. The van der Waals surface area contributed by atoms with E-state index in [-0.39, 0.29) is 22.6 Å². The summed E-state index contributed by atoms with van der Waals surface area (Å²) in [6.07, 6.45) is -2.45. The number of methoxy groups -OCH3 is 1. The van der Waals surface area contributed by atoms with E-state index in [0.717, 1.165) is 0 Å². The topological polar surface area (TPSA) is 87.0 Å². The molecule has 5 nitrogen and oxygen atoms in total. The van der Waals surface area contributed by atoms with Gasteiger partial charge in [0, 0.05) is 11.3 Å². The van der Waals surface area contributed by atoms with Gasteiger partial charge in [-0.25, -0.2) is 4.79 Å². The molecule has 0 saturated heterocycles. The molecule has 0 aliphatic rings. The molecule has 6 heteroatoms. The first kappa shape index (κ1) is 13.8. The highest BCUT2D eigenvalue weighted by Crippen LogP contribution is 2.28. The molecule has 17 heavy (non-hydrogen) atoms. The highest BCUT2D eigenvalue weighted by Gasteiger charge is 2.25. The molecule has 0 amide bonds. The quantitative estimate of drug-likeness (QED) is 0.585. The summed E-state index contributed by atoms with van der Waals surface area (Å²) in [4.78, 5) is 11.1. The number of aliphatic hydroxyl groups is 2. The maximum absolute atomic E-state index is 11.1. The number of carbonyl (C=O) groups is 1. The van der Waals surface area contributed by atoms with Crippen molar-refractivity contribution < 1.29 is 24.9 Å². The van der Waals surface area contributed by atoms with Crippen LogP contribution >= 0.6 is 12.6 Å². The van der Waals surface area contributed by atoms with Crippen molar-refractivity contribution in [2.45, 2.75) is 12.2 Å².